The van der Waals surface area contributed by atoms with Crippen molar-refractivity contribution >= 4 is 7.12 Å². The van der Waals surface area contributed by atoms with E-state index in [1.165, 1.54) is 12.8 Å². The van der Waals surface area contributed by atoms with Crippen molar-refractivity contribution in [3.8, 4) is 0 Å². The van der Waals surface area contributed by atoms with Crippen LogP contribution in [0.3, 0.4) is 0 Å². The SMILES string of the molecule is CN1CCC2(CC1)COB(O)C2. The third-order valence-electron chi connectivity index (χ3n) is 3.24. The molecule has 0 aromatic rings. The van der Waals surface area contributed by atoms with Crippen molar-refractivity contribution in [3.05, 3.63) is 0 Å². The summed E-state index contributed by atoms with van der Waals surface area (Å²) in [6.45, 7) is 3.06. The van der Waals surface area contributed by atoms with Crippen LogP contribution in [0, 0.1) is 5.41 Å². The Bertz CT molecular complexity index is 168. The highest BCUT2D eigenvalue weighted by Crippen LogP contribution is 2.40. The predicted octanol–water partition coefficient (Wildman–Crippen LogP) is 0.209. The van der Waals surface area contributed by atoms with Crippen LogP contribution in [-0.2, 0) is 4.65 Å². The number of hydrogen-bond donors (Lipinski definition) is 1. The smallest absolute Gasteiger partial charge is 0.427 e. The molecule has 2 aliphatic heterocycles. The van der Waals surface area contributed by atoms with Gasteiger partial charge < -0.3 is 14.6 Å². The molecule has 0 saturated carbocycles. The summed E-state index contributed by atoms with van der Waals surface area (Å²) < 4.78 is 5.22. The first kappa shape index (κ1) is 8.54. The van der Waals surface area contributed by atoms with Crippen molar-refractivity contribution in [2.45, 2.75) is 19.2 Å². The summed E-state index contributed by atoms with van der Waals surface area (Å²) >= 11 is 0. The zero-order valence-corrected chi connectivity index (χ0v) is 7.62. The molecule has 0 radical (unpaired) electrons. The van der Waals surface area contributed by atoms with Gasteiger partial charge in [-0.3, -0.25) is 0 Å². The summed E-state index contributed by atoms with van der Waals surface area (Å²) in [5.74, 6) is 0. The maximum atomic E-state index is 9.28. The quantitative estimate of drug-likeness (QED) is 0.526. The molecule has 0 aliphatic carbocycles. The van der Waals surface area contributed by atoms with E-state index in [2.05, 4.69) is 11.9 Å². The third-order valence-corrected chi connectivity index (χ3v) is 3.24. The van der Waals surface area contributed by atoms with E-state index in [9.17, 15) is 5.02 Å². The van der Waals surface area contributed by atoms with Crippen molar-refractivity contribution in [1.82, 2.24) is 4.90 Å². The fraction of sp³-hybridized carbons (Fsp3) is 1.00. The van der Waals surface area contributed by atoms with E-state index < -0.39 is 7.12 Å². The zero-order chi connectivity index (χ0) is 8.60. The Balaban J connectivity index is 1.95. The molecule has 2 rings (SSSR count). The molecule has 2 saturated heterocycles. The first-order valence-electron chi connectivity index (χ1n) is 4.68. The lowest BCUT2D eigenvalue weighted by atomic mass is 9.68. The lowest BCUT2D eigenvalue weighted by Crippen LogP contribution is -2.38. The van der Waals surface area contributed by atoms with Crippen LogP contribution in [-0.4, -0.2) is 43.8 Å². The summed E-state index contributed by atoms with van der Waals surface area (Å²) in [6.07, 6.45) is 3.21. The van der Waals surface area contributed by atoms with E-state index in [0.29, 0.717) is 5.41 Å². The van der Waals surface area contributed by atoms with Gasteiger partial charge in [-0.05, 0) is 44.7 Å². The van der Waals surface area contributed by atoms with Crippen molar-refractivity contribution in [3.63, 3.8) is 0 Å². The van der Waals surface area contributed by atoms with Crippen molar-refractivity contribution in [2.24, 2.45) is 5.41 Å². The molecule has 0 aromatic heterocycles. The van der Waals surface area contributed by atoms with Gasteiger partial charge in [0.1, 0.15) is 0 Å². The Morgan fingerprint density at radius 3 is 2.58 bits per heavy atom. The summed E-state index contributed by atoms with van der Waals surface area (Å²) in [5.41, 5.74) is 0.311. The monoisotopic (exact) mass is 169 g/mol. The highest BCUT2D eigenvalue weighted by Gasteiger charge is 2.43. The van der Waals surface area contributed by atoms with Gasteiger partial charge in [0.2, 0.25) is 0 Å². The summed E-state index contributed by atoms with van der Waals surface area (Å²) in [6, 6.07) is 0. The standard InChI is InChI=1S/C8H16BNO2/c1-10-4-2-8(3-5-10)6-9(11)12-7-8/h11H,2-7H2,1H3. The van der Waals surface area contributed by atoms with Gasteiger partial charge in [-0.25, -0.2) is 0 Å². The van der Waals surface area contributed by atoms with Gasteiger partial charge in [-0.1, -0.05) is 0 Å². The zero-order valence-electron chi connectivity index (χ0n) is 7.62. The normalized spacial score (nSPS) is 30.0. The topological polar surface area (TPSA) is 32.7 Å². The van der Waals surface area contributed by atoms with Crippen LogP contribution in [0.25, 0.3) is 0 Å². The average molecular weight is 169 g/mol. The first-order valence-corrected chi connectivity index (χ1v) is 4.68. The van der Waals surface area contributed by atoms with E-state index in [-0.39, 0.29) is 0 Å². The average Bonchev–Trinajstić information content (AvgIpc) is 2.40. The molecule has 3 nitrogen and oxygen atoms in total. The molecule has 0 bridgehead atoms. The van der Waals surface area contributed by atoms with Crippen LogP contribution in [0.4, 0.5) is 0 Å². The summed E-state index contributed by atoms with van der Waals surface area (Å²) in [4.78, 5) is 2.34. The molecular formula is C8H16BNO2. The molecule has 1 spiro atoms. The van der Waals surface area contributed by atoms with Gasteiger partial charge in [0.15, 0.2) is 0 Å². The third kappa shape index (κ3) is 1.51. The minimum absolute atomic E-state index is 0.311. The maximum absolute atomic E-state index is 9.28. The van der Waals surface area contributed by atoms with Crippen LogP contribution < -0.4 is 0 Å². The largest absolute Gasteiger partial charge is 0.454 e. The molecule has 0 aromatic carbocycles. The van der Waals surface area contributed by atoms with Gasteiger partial charge >= 0.3 is 7.12 Å². The lowest BCUT2D eigenvalue weighted by molar-refractivity contribution is 0.108. The molecule has 0 unspecified atom stereocenters. The van der Waals surface area contributed by atoms with Gasteiger partial charge in [0, 0.05) is 6.61 Å². The number of rotatable bonds is 0. The van der Waals surface area contributed by atoms with Gasteiger partial charge in [-0.2, -0.15) is 0 Å². The van der Waals surface area contributed by atoms with E-state index >= 15 is 0 Å². The van der Waals surface area contributed by atoms with E-state index in [4.69, 9.17) is 4.65 Å². The highest BCUT2D eigenvalue weighted by atomic mass is 16.5. The lowest BCUT2D eigenvalue weighted by Gasteiger charge is -2.36. The second-order valence-electron chi connectivity index (χ2n) is 4.27. The molecule has 12 heavy (non-hydrogen) atoms. The number of likely N-dealkylation sites (tertiary alicyclic amines) is 1. The van der Waals surface area contributed by atoms with Crippen molar-refractivity contribution in [2.75, 3.05) is 26.7 Å². The second-order valence-corrected chi connectivity index (χ2v) is 4.27. The van der Waals surface area contributed by atoms with E-state index in [1.54, 1.807) is 0 Å². The molecule has 2 fully saturated rings. The van der Waals surface area contributed by atoms with Crippen LogP contribution in [0.1, 0.15) is 12.8 Å². The van der Waals surface area contributed by atoms with Crippen LogP contribution in [0.2, 0.25) is 6.32 Å². The van der Waals surface area contributed by atoms with Crippen molar-refractivity contribution < 1.29 is 9.68 Å². The predicted molar refractivity (Wildman–Crippen MR) is 47.9 cm³/mol. The van der Waals surface area contributed by atoms with Gasteiger partial charge in [0.05, 0.1) is 0 Å². The molecule has 0 atom stereocenters. The Morgan fingerprint density at radius 2 is 2.08 bits per heavy atom. The molecular weight excluding hydrogens is 153 g/mol. The summed E-state index contributed by atoms with van der Waals surface area (Å²) in [5, 5.41) is 9.28. The fourth-order valence-electron chi connectivity index (χ4n) is 2.20. The number of hydrogen-bond acceptors (Lipinski definition) is 3. The number of piperidine rings is 1. The molecule has 0 amide bonds. The van der Waals surface area contributed by atoms with Crippen LogP contribution in [0.5, 0.6) is 0 Å². The maximum Gasteiger partial charge on any atom is 0.454 e. The van der Waals surface area contributed by atoms with Crippen molar-refractivity contribution in [1.29, 1.82) is 0 Å². The molecule has 2 aliphatic rings. The fourth-order valence-corrected chi connectivity index (χ4v) is 2.20. The van der Waals surface area contributed by atoms with Crippen LogP contribution in [0.15, 0.2) is 0 Å². The van der Waals surface area contributed by atoms with E-state index in [0.717, 1.165) is 26.0 Å². The van der Waals surface area contributed by atoms with Gasteiger partial charge in [0.25, 0.3) is 0 Å². The number of nitrogens with zero attached hydrogens (tertiary/aromatic N) is 1. The Kier molecular flexibility index (Phi) is 2.15. The summed E-state index contributed by atoms with van der Waals surface area (Å²) in [7, 11) is 1.66. The molecule has 4 heteroatoms. The van der Waals surface area contributed by atoms with E-state index in [1.807, 2.05) is 0 Å². The molecule has 68 valence electrons. The minimum Gasteiger partial charge on any atom is -0.427 e. The van der Waals surface area contributed by atoms with Crippen LogP contribution >= 0.6 is 0 Å². The Morgan fingerprint density at radius 1 is 1.42 bits per heavy atom. The first-order chi connectivity index (χ1) is 5.70. The highest BCUT2D eigenvalue weighted by molar-refractivity contribution is 6.43. The molecule has 2 heterocycles. The second kappa shape index (κ2) is 3.02. The Hall–Kier alpha value is -0.0551. The Labute approximate surface area is 73.8 Å². The van der Waals surface area contributed by atoms with Gasteiger partial charge in [-0.15, -0.1) is 0 Å². The molecule has 1 N–H and O–H groups in total. The minimum atomic E-state index is -0.492.